The van der Waals surface area contributed by atoms with Crippen molar-refractivity contribution in [1.29, 1.82) is 0 Å². The quantitative estimate of drug-likeness (QED) is 0.527. The zero-order valence-electron chi connectivity index (χ0n) is 18.4. The summed E-state index contributed by atoms with van der Waals surface area (Å²) in [7, 11) is 4.56. The molecule has 0 atom stereocenters. The molecule has 1 fully saturated rings. The Morgan fingerprint density at radius 2 is 1.81 bits per heavy atom. The number of hydrogen-bond donors (Lipinski definition) is 1. The van der Waals surface area contributed by atoms with Crippen molar-refractivity contribution in [2.75, 3.05) is 45.7 Å². The molecule has 0 aliphatic carbocycles. The molecule has 1 aliphatic rings. The van der Waals surface area contributed by atoms with Gasteiger partial charge in [-0.2, -0.15) is 5.10 Å². The Labute approximate surface area is 190 Å². The Bertz CT molecular complexity index is 992. The number of carbonyl (C=O) groups is 2. The number of nitrogens with one attached hydrogen (secondary N) is 1. The first-order valence-corrected chi connectivity index (χ1v) is 11.0. The number of anilines is 1. The Balaban J connectivity index is 1.66. The number of carbonyl (C=O) groups excluding carboxylic acids is 2. The van der Waals surface area contributed by atoms with Crippen LogP contribution in [0.2, 0.25) is 0 Å². The minimum Gasteiger partial charge on any atom is -0.465 e. The number of esters is 2. The monoisotopic (exact) mass is 465 g/mol. The highest BCUT2D eigenvalue weighted by Crippen LogP contribution is 2.34. The van der Waals surface area contributed by atoms with Gasteiger partial charge in [0.1, 0.15) is 9.88 Å². The molecule has 0 unspecified atom stereocenters. The van der Waals surface area contributed by atoms with Crippen molar-refractivity contribution >= 4 is 45.6 Å². The van der Waals surface area contributed by atoms with Crippen molar-refractivity contribution in [2.45, 2.75) is 20.4 Å². The molecule has 0 saturated carbocycles. The molecule has 0 aromatic carbocycles. The van der Waals surface area contributed by atoms with Crippen LogP contribution < -0.4 is 5.32 Å². The van der Waals surface area contributed by atoms with E-state index < -0.39 is 11.9 Å². The molecule has 0 radical (unpaired) electrons. The number of piperazine rings is 1. The van der Waals surface area contributed by atoms with E-state index in [1.165, 1.54) is 25.5 Å². The molecule has 0 spiro atoms. The van der Waals surface area contributed by atoms with Crippen LogP contribution in [0, 0.1) is 13.8 Å². The summed E-state index contributed by atoms with van der Waals surface area (Å²) in [5.74, 6) is -1.02. The molecule has 11 heteroatoms. The predicted octanol–water partition coefficient (Wildman–Crippen LogP) is 2.19. The zero-order valence-corrected chi connectivity index (χ0v) is 20.0. The lowest BCUT2D eigenvalue weighted by molar-refractivity contribution is 0.0601. The van der Waals surface area contributed by atoms with E-state index in [-0.39, 0.29) is 0 Å². The van der Waals surface area contributed by atoms with Gasteiger partial charge in [-0.05, 0) is 31.6 Å². The Kier molecular flexibility index (Phi) is 7.29. The fraction of sp³-hybridized carbons (Fsp3) is 0.500. The Hall–Kier alpha value is -2.50. The van der Waals surface area contributed by atoms with Crippen LogP contribution in [-0.4, -0.2) is 77.0 Å². The molecule has 31 heavy (non-hydrogen) atoms. The number of ether oxygens (including phenoxy) is 2. The van der Waals surface area contributed by atoms with E-state index in [0.29, 0.717) is 26.1 Å². The highest BCUT2D eigenvalue weighted by atomic mass is 32.1. The van der Waals surface area contributed by atoms with Gasteiger partial charge in [-0.25, -0.2) is 9.59 Å². The van der Waals surface area contributed by atoms with E-state index in [9.17, 15) is 9.59 Å². The third-order valence-electron chi connectivity index (χ3n) is 5.52. The van der Waals surface area contributed by atoms with Gasteiger partial charge >= 0.3 is 11.9 Å². The van der Waals surface area contributed by atoms with E-state index in [4.69, 9.17) is 21.7 Å². The van der Waals surface area contributed by atoms with Gasteiger partial charge in [0.25, 0.3) is 0 Å². The summed E-state index contributed by atoms with van der Waals surface area (Å²) in [5, 5.41) is 8.46. The molecule has 1 saturated heterocycles. The number of thiocarbonyl (C=S) groups is 1. The molecule has 1 N–H and O–H groups in total. The van der Waals surface area contributed by atoms with Crippen molar-refractivity contribution < 1.29 is 19.1 Å². The fourth-order valence-corrected chi connectivity index (χ4v) is 4.92. The number of rotatable bonds is 5. The zero-order chi connectivity index (χ0) is 22.7. The number of hydrogen-bond acceptors (Lipinski definition) is 8. The largest absolute Gasteiger partial charge is 0.465 e. The van der Waals surface area contributed by atoms with Gasteiger partial charge in [-0.1, -0.05) is 0 Å². The topological polar surface area (TPSA) is 88.9 Å². The fourth-order valence-electron chi connectivity index (χ4n) is 3.46. The Morgan fingerprint density at radius 3 is 2.35 bits per heavy atom. The Morgan fingerprint density at radius 1 is 1.16 bits per heavy atom. The number of aryl methyl sites for hydroxylation is 1. The van der Waals surface area contributed by atoms with Crippen molar-refractivity contribution in [2.24, 2.45) is 7.05 Å². The molecule has 2 aromatic heterocycles. The lowest BCUT2D eigenvalue weighted by Gasteiger charge is -2.36. The van der Waals surface area contributed by atoms with Gasteiger partial charge in [-0.15, -0.1) is 11.3 Å². The van der Waals surface area contributed by atoms with Crippen LogP contribution in [-0.2, 0) is 23.1 Å². The maximum absolute atomic E-state index is 12.3. The molecule has 2 aromatic rings. The standard InChI is InChI=1S/C20H27N5O4S2/c1-12-15(18(26)28-4)17(31-16(12)19(27)29-5)22-20(30)25-8-6-24(7-9-25)11-14-10-21-23(3)13(14)2/h10H,6-9,11H2,1-5H3,(H,22,30). The van der Waals surface area contributed by atoms with Crippen molar-refractivity contribution in [3.8, 4) is 0 Å². The molecule has 168 valence electrons. The van der Waals surface area contributed by atoms with Crippen molar-refractivity contribution in [3.05, 3.63) is 33.5 Å². The van der Waals surface area contributed by atoms with Crippen LogP contribution in [0.4, 0.5) is 5.00 Å². The van der Waals surface area contributed by atoms with Gasteiger partial charge in [-0.3, -0.25) is 9.58 Å². The number of nitrogens with zero attached hydrogens (tertiary/aromatic N) is 4. The number of thiophene rings is 1. The van der Waals surface area contributed by atoms with Crippen LogP contribution >= 0.6 is 23.6 Å². The van der Waals surface area contributed by atoms with Crippen LogP contribution in [0.5, 0.6) is 0 Å². The van der Waals surface area contributed by atoms with E-state index in [1.807, 2.05) is 17.9 Å². The third kappa shape index (κ3) is 4.89. The maximum atomic E-state index is 12.3. The summed E-state index contributed by atoms with van der Waals surface area (Å²) in [6.45, 7) is 7.85. The lowest BCUT2D eigenvalue weighted by atomic mass is 10.1. The van der Waals surface area contributed by atoms with Gasteiger partial charge < -0.3 is 19.7 Å². The maximum Gasteiger partial charge on any atom is 0.348 e. The third-order valence-corrected chi connectivity index (χ3v) is 7.07. The molecule has 3 rings (SSSR count). The van der Waals surface area contributed by atoms with Crippen molar-refractivity contribution in [3.63, 3.8) is 0 Å². The van der Waals surface area contributed by atoms with E-state index in [2.05, 4.69) is 27.1 Å². The first kappa shape index (κ1) is 23.2. The van der Waals surface area contributed by atoms with E-state index in [0.717, 1.165) is 44.1 Å². The van der Waals surface area contributed by atoms with E-state index >= 15 is 0 Å². The summed E-state index contributed by atoms with van der Waals surface area (Å²) in [6.07, 6.45) is 1.92. The summed E-state index contributed by atoms with van der Waals surface area (Å²) in [6, 6.07) is 0. The molecule has 0 amide bonds. The lowest BCUT2D eigenvalue weighted by Crippen LogP contribution is -2.49. The van der Waals surface area contributed by atoms with Gasteiger partial charge in [0.05, 0.1) is 26.0 Å². The second-order valence-corrected chi connectivity index (χ2v) is 8.72. The second kappa shape index (κ2) is 9.75. The molecule has 9 nitrogen and oxygen atoms in total. The van der Waals surface area contributed by atoms with Crippen LogP contribution in [0.3, 0.4) is 0 Å². The molecule has 3 heterocycles. The normalized spacial score (nSPS) is 14.4. The molecular formula is C20H27N5O4S2. The molecule has 0 bridgehead atoms. The summed E-state index contributed by atoms with van der Waals surface area (Å²) >= 11 is 6.74. The summed E-state index contributed by atoms with van der Waals surface area (Å²) in [5.41, 5.74) is 3.22. The molecule has 1 aliphatic heterocycles. The van der Waals surface area contributed by atoms with Crippen molar-refractivity contribution in [1.82, 2.24) is 19.6 Å². The average molecular weight is 466 g/mol. The SMILES string of the molecule is COC(=O)c1sc(NC(=S)N2CCN(Cc3cnn(C)c3C)CC2)c(C(=O)OC)c1C. The average Bonchev–Trinajstić information content (AvgIpc) is 3.26. The smallest absolute Gasteiger partial charge is 0.348 e. The minimum atomic E-state index is -0.522. The first-order valence-electron chi connectivity index (χ1n) is 9.82. The summed E-state index contributed by atoms with van der Waals surface area (Å²) in [4.78, 5) is 29.2. The highest BCUT2D eigenvalue weighted by Gasteiger charge is 2.28. The first-order chi connectivity index (χ1) is 14.8. The van der Waals surface area contributed by atoms with Crippen LogP contribution in [0.15, 0.2) is 6.20 Å². The van der Waals surface area contributed by atoms with E-state index in [1.54, 1.807) is 6.92 Å². The highest BCUT2D eigenvalue weighted by molar-refractivity contribution is 7.80. The second-order valence-electron chi connectivity index (χ2n) is 7.32. The van der Waals surface area contributed by atoms with Gasteiger partial charge in [0.2, 0.25) is 0 Å². The van der Waals surface area contributed by atoms with Crippen LogP contribution in [0.1, 0.15) is 36.9 Å². The minimum absolute atomic E-state index is 0.306. The van der Waals surface area contributed by atoms with Crippen LogP contribution in [0.25, 0.3) is 0 Å². The number of aromatic nitrogens is 2. The number of methoxy groups -OCH3 is 2. The molecular weight excluding hydrogens is 438 g/mol. The predicted molar refractivity (Wildman–Crippen MR) is 123 cm³/mol. The van der Waals surface area contributed by atoms with Gasteiger partial charge in [0.15, 0.2) is 5.11 Å². The van der Waals surface area contributed by atoms with Gasteiger partial charge in [0, 0.05) is 51.0 Å². The summed E-state index contributed by atoms with van der Waals surface area (Å²) < 4.78 is 11.6.